The Kier molecular flexibility index (Phi) is 3.07. The number of carbonyl (C=O) groups is 1. The topological polar surface area (TPSA) is 46.5 Å². The predicted octanol–water partition coefficient (Wildman–Crippen LogP) is 2.65. The Labute approximate surface area is 96.2 Å². The minimum Gasteiger partial charge on any atom is -0.478 e. The maximum atomic E-state index is 10.7. The van der Waals surface area contributed by atoms with Gasteiger partial charge in [0.05, 0.1) is 12.2 Å². The number of benzene rings is 1. The monoisotopic (exact) mass is 270 g/mol. The van der Waals surface area contributed by atoms with Crippen LogP contribution in [0.15, 0.2) is 22.7 Å². The number of ether oxygens (including phenoxy) is 1. The van der Waals surface area contributed by atoms with Gasteiger partial charge in [0.1, 0.15) is 0 Å². The van der Waals surface area contributed by atoms with Gasteiger partial charge < -0.3 is 9.84 Å². The van der Waals surface area contributed by atoms with E-state index < -0.39 is 5.97 Å². The molecule has 0 aliphatic carbocycles. The largest absolute Gasteiger partial charge is 0.478 e. The highest BCUT2D eigenvalue weighted by Gasteiger charge is 2.20. The molecule has 0 radical (unpaired) electrons. The van der Waals surface area contributed by atoms with Crippen LogP contribution in [0, 0.1) is 0 Å². The molecule has 0 saturated carbocycles. The molecule has 1 aliphatic heterocycles. The van der Waals surface area contributed by atoms with Gasteiger partial charge in [-0.15, -0.1) is 0 Å². The molecular formula is C11H11BrO3. The summed E-state index contributed by atoms with van der Waals surface area (Å²) in [6.45, 7) is 1.52. The molecule has 1 heterocycles. The summed E-state index contributed by atoms with van der Waals surface area (Å²) in [4.78, 5) is 10.7. The molecule has 0 aromatic heterocycles. The van der Waals surface area contributed by atoms with Crippen molar-refractivity contribution in [1.29, 1.82) is 0 Å². The van der Waals surface area contributed by atoms with Crippen molar-refractivity contribution in [3.8, 4) is 0 Å². The average Bonchev–Trinajstić information content (AvgIpc) is 2.70. The smallest absolute Gasteiger partial charge is 0.335 e. The molecule has 1 aliphatic rings. The molecule has 0 bridgehead atoms. The third-order valence-electron chi connectivity index (χ3n) is 2.62. The van der Waals surface area contributed by atoms with Crippen molar-refractivity contribution in [2.45, 2.75) is 12.3 Å². The quantitative estimate of drug-likeness (QED) is 0.899. The van der Waals surface area contributed by atoms with Gasteiger partial charge in [-0.05, 0) is 24.1 Å². The minimum atomic E-state index is -0.898. The van der Waals surface area contributed by atoms with Gasteiger partial charge in [0, 0.05) is 17.0 Å². The van der Waals surface area contributed by atoms with E-state index in [2.05, 4.69) is 15.9 Å². The van der Waals surface area contributed by atoms with Crippen LogP contribution in [0.1, 0.15) is 28.3 Å². The second-order valence-corrected chi connectivity index (χ2v) is 4.46. The van der Waals surface area contributed by atoms with Crippen molar-refractivity contribution in [2.24, 2.45) is 0 Å². The molecule has 1 unspecified atom stereocenters. The number of halogens is 1. The molecule has 3 nitrogen and oxygen atoms in total. The van der Waals surface area contributed by atoms with E-state index in [1.807, 2.05) is 6.07 Å². The number of hydrogen-bond acceptors (Lipinski definition) is 2. The van der Waals surface area contributed by atoms with Crippen LogP contribution in [0.5, 0.6) is 0 Å². The van der Waals surface area contributed by atoms with Crippen LogP contribution < -0.4 is 0 Å². The van der Waals surface area contributed by atoms with Crippen LogP contribution in [0.4, 0.5) is 0 Å². The summed E-state index contributed by atoms with van der Waals surface area (Å²) < 4.78 is 6.17. The summed E-state index contributed by atoms with van der Waals surface area (Å²) in [6.07, 6.45) is 1.00. The molecule has 4 heteroatoms. The Bertz CT molecular complexity index is 383. The fourth-order valence-electron chi connectivity index (χ4n) is 1.77. The SMILES string of the molecule is O=C(O)c1ccc(C2CCOC2)c(Br)c1. The van der Waals surface area contributed by atoms with E-state index in [1.165, 1.54) is 0 Å². The average molecular weight is 271 g/mol. The van der Waals surface area contributed by atoms with Crippen molar-refractivity contribution in [3.05, 3.63) is 33.8 Å². The number of carboxylic acids is 1. The van der Waals surface area contributed by atoms with Crippen molar-refractivity contribution in [3.63, 3.8) is 0 Å². The first-order valence-corrected chi connectivity index (χ1v) is 5.58. The highest BCUT2D eigenvalue weighted by molar-refractivity contribution is 9.10. The molecule has 1 fully saturated rings. The van der Waals surface area contributed by atoms with Gasteiger partial charge >= 0.3 is 5.97 Å². The highest BCUT2D eigenvalue weighted by Crippen LogP contribution is 2.31. The molecule has 0 amide bonds. The Balaban J connectivity index is 2.29. The van der Waals surface area contributed by atoms with Crippen LogP contribution in [0.3, 0.4) is 0 Å². The Hall–Kier alpha value is -0.870. The molecule has 1 aromatic rings. The number of aromatic carboxylic acids is 1. The van der Waals surface area contributed by atoms with Crippen molar-refractivity contribution in [1.82, 2.24) is 0 Å². The Morgan fingerprint density at radius 1 is 1.53 bits per heavy atom. The number of carboxylic acid groups (broad SMARTS) is 1. The molecule has 1 atom stereocenters. The first-order valence-electron chi connectivity index (χ1n) is 4.79. The lowest BCUT2D eigenvalue weighted by Gasteiger charge is -2.10. The summed E-state index contributed by atoms with van der Waals surface area (Å²) in [5, 5.41) is 8.82. The first kappa shape index (κ1) is 10.6. The molecule has 80 valence electrons. The molecule has 1 saturated heterocycles. The van der Waals surface area contributed by atoms with Crippen LogP contribution in [0.25, 0.3) is 0 Å². The molecule has 2 rings (SSSR count). The zero-order valence-electron chi connectivity index (χ0n) is 8.07. The van der Waals surface area contributed by atoms with Gasteiger partial charge in [-0.1, -0.05) is 22.0 Å². The predicted molar refractivity (Wildman–Crippen MR) is 59.3 cm³/mol. The third kappa shape index (κ3) is 2.21. The Morgan fingerprint density at radius 3 is 2.87 bits per heavy atom. The van der Waals surface area contributed by atoms with Crippen LogP contribution in [0.2, 0.25) is 0 Å². The second kappa shape index (κ2) is 4.33. The zero-order valence-corrected chi connectivity index (χ0v) is 9.66. The highest BCUT2D eigenvalue weighted by atomic mass is 79.9. The maximum Gasteiger partial charge on any atom is 0.335 e. The van der Waals surface area contributed by atoms with E-state index in [1.54, 1.807) is 12.1 Å². The molecule has 0 spiro atoms. The van der Waals surface area contributed by atoms with E-state index >= 15 is 0 Å². The van der Waals surface area contributed by atoms with Crippen LogP contribution in [-0.2, 0) is 4.74 Å². The first-order chi connectivity index (χ1) is 7.18. The maximum absolute atomic E-state index is 10.7. The van der Waals surface area contributed by atoms with Gasteiger partial charge in [-0.25, -0.2) is 4.79 Å². The lowest BCUT2D eigenvalue weighted by atomic mass is 9.97. The number of rotatable bonds is 2. The van der Waals surface area contributed by atoms with Gasteiger partial charge in [-0.2, -0.15) is 0 Å². The molecule has 1 aromatic carbocycles. The Morgan fingerprint density at radius 2 is 2.33 bits per heavy atom. The van der Waals surface area contributed by atoms with Crippen LogP contribution in [-0.4, -0.2) is 24.3 Å². The van der Waals surface area contributed by atoms with E-state index in [4.69, 9.17) is 9.84 Å². The second-order valence-electron chi connectivity index (χ2n) is 3.60. The summed E-state index contributed by atoms with van der Waals surface area (Å²) in [5.41, 5.74) is 1.45. The summed E-state index contributed by atoms with van der Waals surface area (Å²) in [6, 6.07) is 5.16. The van der Waals surface area contributed by atoms with Gasteiger partial charge in [0.2, 0.25) is 0 Å². The molecule has 1 N–H and O–H groups in total. The van der Waals surface area contributed by atoms with E-state index in [0.717, 1.165) is 29.7 Å². The molecule has 15 heavy (non-hydrogen) atoms. The third-order valence-corrected chi connectivity index (χ3v) is 3.30. The minimum absolute atomic E-state index is 0.310. The zero-order chi connectivity index (χ0) is 10.8. The molecular weight excluding hydrogens is 260 g/mol. The lowest BCUT2D eigenvalue weighted by molar-refractivity contribution is 0.0697. The van der Waals surface area contributed by atoms with Gasteiger partial charge in [0.15, 0.2) is 0 Å². The van der Waals surface area contributed by atoms with Crippen molar-refractivity contribution < 1.29 is 14.6 Å². The van der Waals surface area contributed by atoms with Crippen LogP contribution >= 0.6 is 15.9 Å². The van der Waals surface area contributed by atoms with E-state index in [0.29, 0.717) is 11.5 Å². The summed E-state index contributed by atoms with van der Waals surface area (Å²) in [5.74, 6) is -0.507. The summed E-state index contributed by atoms with van der Waals surface area (Å²) >= 11 is 3.41. The van der Waals surface area contributed by atoms with E-state index in [9.17, 15) is 4.79 Å². The van der Waals surface area contributed by atoms with Crippen molar-refractivity contribution in [2.75, 3.05) is 13.2 Å². The standard InChI is InChI=1S/C11H11BrO3/c12-10-5-7(11(13)14)1-2-9(10)8-3-4-15-6-8/h1-2,5,8H,3-4,6H2,(H,13,14). The van der Waals surface area contributed by atoms with E-state index in [-0.39, 0.29) is 0 Å². The van der Waals surface area contributed by atoms with Gasteiger partial charge in [-0.3, -0.25) is 0 Å². The van der Waals surface area contributed by atoms with Gasteiger partial charge in [0.25, 0.3) is 0 Å². The van der Waals surface area contributed by atoms with Crippen molar-refractivity contribution >= 4 is 21.9 Å². The summed E-state index contributed by atoms with van der Waals surface area (Å²) in [7, 11) is 0. The normalized spacial score (nSPS) is 20.5. The lowest BCUT2D eigenvalue weighted by Crippen LogP contribution is -2.01. The number of hydrogen-bond donors (Lipinski definition) is 1. The fraction of sp³-hybridized carbons (Fsp3) is 0.364. The fourth-order valence-corrected chi connectivity index (χ4v) is 2.47.